The SMILES string of the molecule is CC/C=C\C/C=C\C/C=C\C/C=C\C/C=C\CCCCCCCC(=O)OC(COCCCCCCCCCCCCCCCCCCCCCCCCC)COC1OC(CO)C(O)C(OS(=O)(=O)O)C1O. The van der Waals surface area contributed by atoms with Gasteiger partial charge in [-0.3, -0.25) is 9.35 Å². The molecule has 71 heavy (non-hydrogen) atoms. The fourth-order valence-electron chi connectivity index (χ4n) is 8.64. The third-order valence-corrected chi connectivity index (χ3v) is 13.4. The zero-order valence-corrected chi connectivity index (χ0v) is 45.6. The molecule has 0 spiro atoms. The van der Waals surface area contributed by atoms with E-state index in [1.165, 1.54) is 128 Å². The van der Waals surface area contributed by atoms with Crippen LogP contribution in [-0.4, -0.2) is 97.5 Å². The molecule has 0 aromatic heterocycles. The third-order valence-electron chi connectivity index (χ3n) is 12.9. The number of hydrogen-bond acceptors (Lipinski definition) is 11. The van der Waals surface area contributed by atoms with Gasteiger partial charge in [0, 0.05) is 13.0 Å². The Balaban J connectivity index is 2.32. The highest BCUT2D eigenvalue weighted by Crippen LogP contribution is 2.26. The summed E-state index contributed by atoms with van der Waals surface area (Å²) in [4.78, 5) is 12.9. The van der Waals surface area contributed by atoms with Crippen molar-refractivity contribution in [2.45, 2.75) is 275 Å². The molecule has 0 amide bonds. The van der Waals surface area contributed by atoms with Crippen molar-refractivity contribution in [1.82, 2.24) is 0 Å². The third kappa shape index (κ3) is 41.8. The van der Waals surface area contributed by atoms with Crippen LogP contribution in [0.2, 0.25) is 0 Å². The molecule has 0 saturated carbocycles. The summed E-state index contributed by atoms with van der Waals surface area (Å²) in [5.41, 5.74) is 0. The van der Waals surface area contributed by atoms with Crippen LogP contribution in [0.25, 0.3) is 0 Å². The first kappa shape index (κ1) is 66.8. The maximum absolute atomic E-state index is 12.9. The van der Waals surface area contributed by atoms with E-state index in [-0.39, 0.29) is 19.6 Å². The molecule has 0 aromatic rings. The van der Waals surface area contributed by atoms with Gasteiger partial charge in [0.05, 0.1) is 19.8 Å². The maximum Gasteiger partial charge on any atom is 0.397 e. The second kappa shape index (κ2) is 48.7. The van der Waals surface area contributed by atoms with Gasteiger partial charge in [-0.05, 0) is 57.8 Å². The molecule has 4 N–H and O–H groups in total. The predicted octanol–water partition coefficient (Wildman–Crippen LogP) is 14.0. The van der Waals surface area contributed by atoms with Crippen LogP contribution in [0, 0.1) is 0 Å². The van der Waals surface area contributed by atoms with Crippen molar-refractivity contribution in [3.63, 3.8) is 0 Å². The lowest BCUT2D eigenvalue weighted by molar-refractivity contribution is -0.301. The molecule has 1 aliphatic rings. The smallest absolute Gasteiger partial charge is 0.397 e. The van der Waals surface area contributed by atoms with E-state index in [4.69, 9.17) is 18.9 Å². The highest BCUT2D eigenvalue weighted by Gasteiger charge is 2.48. The van der Waals surface area contributed by atoms with Crippen LogP contribution in [0.5, 0.6) is 0 Å². The van der Waals surface area contributed by atoms with E-state index in [0.717, 1.165) is 83.5 Å². The van der Waals surface area contributed by atoms with E-state index in [1.807, 2.05) is 0 Å². The molecule has 1 heterocycles. The zero-order valence-electron chi connectivity index (χ0n) is 44.8. The molecule has 1 aliphatic heterocycles. The number of carbonyl (C=O) groups is 1. The van der Waals surface area contributed by atoms with Crippen molar-refractivity contribution in [2.75, 3.05) is 26.4 Å². The fraction of sp³-hybridized carbons (Fsp3) is 0.810. The molecule has 414 valence electrons. The van der Waals surface area contributed by atoms with Gasteiger partial charge in [-0.2, -0.15) is 8.42 Å². The van der Waals surface area contributed by atoms with Gasteiger partial charge in [0.2, 0.25) is 0 Å². The Morgan fingerprint density at radius 2 is 0.972 bits per heavy atom. The van der Waals surface area contributed by atoms with Crippen LogP contribution in [0.4, 0.5) is 0 Å². The minimum atomic E-state index is -5.07. The summed E-state index contributed by atoms with van der Waals surface area (Å²) < 4.78 is 59.4. The van der Waals surface area contributed by atoms with Crippen molar-refractivity contribution in [3.8, 4) is 0 Å². The van der Waals surface area contributed by atoms with Crippen molar-refractivity contribution < 1.29 is 56.2 Å². The quantitative estimate of drug-likeness (QED) is 0.0196. The van der Waals surface area contributed by atoms with E-state index in [9.17, 15) is 33.1 Å². The second-order valence-corrected chi connectivity index (χ2v) is 20.6. The van der Waals surface area contributed by atoms with Crippen molar-refractivity contribution in [2.24, 2.45) is 0 Å². The molecule has 0 bridgehead atoms. The van der Waals surface area contributed by atoms with Gasteiger partial charge in [0.25, 0.3) is 0 Å². The van der Waals surface area contributed by atoms with E-state index in [0.29, 0.717) is 13.0 Å². The Kier molecular flexibility index (Phi) is 45.9. The summed E-state index contributed by atoms with van der Waals surface area (Å²) in [6.07, 6.45) is 54.0. The Hall–Kier alpha value is -2.20. The summed E-state index contributed by atoms with van der Waals surface area (Å²) in [5.74, 6) is -0.415. The Morgan fingerprint density at radius 3 is 1.42 bits per heavy atom. The van der Waals surface area contributed by atoms with Gasteiger partial charge in [0.1, 0.15) is 30.5 Å². The minimum absolute atomic E-state index is 0.0284. The molecular formula is C58H104O12S. The average Bonchev–Trinajstić information content (AvgIpc) is 3.35. The number of aliphatic hydroxyl groups is 3. The number of aliphatic hydroxyl groups excluding tert-OH is 3. The highest BCUT2D eigenvalue weighted by atomic mass is 32.3. The Labute approximate surface area is 433 Å². The van der Waals surface area contributed by atoms with Crippen LogP contribution in [0.1, 0.15) is 239 Å². The van der Waals surface area contributed by atoms with Crippen LogP contribution in [0.15, 0.2) is 60.8 Å². The first-order valence-electron chi connectivity index (χ1n) is 28.5. The Bertz CT molecular complexity index is 1460. The van der Waals surface area contributed by atoms with Gasteiger partial charge in [0.15, 0.2) is 6.29 Å². The molecule has 6 atom stereocenters. The second-order valence-electron chi connectivity index (χ2n) is 19.5. The molecule has 0 aromatic carbocycles. The van der Waals surface area contributed by atoms with Crippen molar-refractivity contribution >= 4 is 16.4 Å². The molecule has 12 nitrogen and oxygen atoms in total. The molecule has 6 unspecified atom stereocenters. The van der Waals surface area contributed by atoms with E-state index in [1.54, 1.807) is 0 Å². The topological polar surface area (TPSA) is 178 Å². The number of ether oxygens (including phenoxy) is 4. The maximum atomic E-state index is 12.9. The van der Waals surface area contributed by atoms with Crippen molar-refractivity contribution in [3.05, 3.63) is 60.8 Å². The van der Waals surface area contributed by atoms with Crippen LogP contribution < -0.4 is 0 Å². The van der Waals surface area contributed by atoms with Gasteiger partial charge >= 0.3 is 16.4 Å². The fourth-order valence-corrected chi connectivity index (χ4v) is 9.15. The number of esters is 1. The number of unbranched alkanes of at least 4 members (excludes halogenated alkanes) is 27. The van der Waals surface area contributed by atoms with E-state index < -0.39 is 59.8 Å². The lowest BCUT2D eigenvalue weighted by atomic mass is 9.99. The standard InChI is InChI=1S/C58H104O12S/c1-3-5-7-9-11-13-15-17-19-21-23-25-26-28-30-32-34-36-38-40-42-44-46-48-66-50-52(51-67-58-56(62)57(70-71(63,64)65)55(61)53(49-59)69-58)68-54(60)47-45-43-41-39-37-35-33-31-29-27-24-22-20-18-16-14-12-10-8-6-4-2/h6,8,12,14,18,20,24,27,31,33,52-53,55-59,61-62H,3-5,7,9-11,13,15-17,19,21-23,25-26,28-30,32,34-51H2,1-2H3,(H,63,64,65)/b8-6-,14-12-,20-18-,27-24-,33-31-. The number of rotatable bonds is 50. The van der Waals surface area contributed by atoms with Crippen LogP contribution in [0.3, 0.4) is 0 Å². The van der Waals surface area contributed by atoms with Gasteiger partial charge in [-0.15, -0.1) is 0 Å². The van der Waals surface area contributed by atoms with Gasteiger partial charge in [-0.1, -0.05) is 235 Å². The molecule has 1 fully saturated rings. The van der Waals surface area contributed by atoms with Gasteiger partial charge < -0.3 is 34.3 Å². The summed E-state index contributed by atoms with van der Waals surface area (Å²) >= 11 is 0. The highest BCUT2D eigenvalue weighted by molar-refractivity contribution is 7.80. The summed E-state index contributed by atoms with van der Waals surface area (Å²) in [6, 6.07) is 0. The van der Waals surface area contributed by atoms with E-state index >= 15 is 0 Å². The normalized spacial score (nSPS) is 19.4. The molecule has 0 aliphatic carbocycles. The minimum Gasteiger partial charge on any atom is -0.457 e. The van der Waals surface area contributed by atoms with Gasteiger partial charge in [-0.25, -0.2) is 4.18 Å². The largest absolute Gasteiger partial charge is 0.457 e. The summed E-state index contributed by atoms with van der Waals surface area (Å²) in [7, 11) is -5.07. The predicted molar refractivity (Wildman–Crippen MR) is 289 cm³/mol. The lowest BCUT2D eigenvalue weighted by Gasteiger charge is -2.41. The summed E-state index contributed by atoms with van der Waals surface area (Å²) in [6.45, 7) is 3.89. The lowest BCUT2D eigenvalue weighted by Crippen LogP contribution is -2.60. The molecule has 0 radical (unpaired) electrons. The average molecular weight is 1030 g/mol. The van der Waals surface area contributed by atoms with E-state index in [2.05, 4.69) is 78.8 Å². The number of hydrogen-bond donors (Lipinski definition) is 4. The molecule has 13 heteroatoms. The molecule has 1 saturated heterocycles. The summed E-state index contributed by atoms with van der Waals surface area (Å²) in [5, 5.41) is 30.8. The van der Waals surface area contributed by atoms with Crippen LogP contribution >= 0.6 is 0 Å². The number of carbonyl (C=O) groups excluding carboxylic acids is 1. The number of allylic oxidation sites excluding steroid dienone is 10. The zero-order chi connectivity index (χ0) is 51.7. The molecular weight excluding hydrogens is 921 g/mol. The first-order valence-corrected chi connectivity index (χ1v) is 29.9. The molecule has 1 rings (SSSR count). The Morgan fingerprint density at radius 1 is 0.549 bits per heavy atom. The first-order chi connectivity index (χ1) is 34.6. The van der Waals surface area contributed by atoms with Crippen molar-refractivity contribution in [1.29, 1.82) is 0 Å². The van der Waals surface area contributed by atoms with Crippen LogP contribution in [-0.2, 0) is 38.3 Å². The monoisotopic (exact) mass is 1020 g/mol.